The highest BCUT2D eigenvalue weighted by Gasteiger charge is 2.48. The van der Waals surface area contributed by atoms with Gasteiger partial charge in [0.2, 0.25) is 5.91 Å². The summed E-state index contributed by atoms with van der Waals surface area (Å²) in [6.45, 7) is 2.17. The van der Waals surface area contributed by atoms with Crippen LogP contribution in [-0.4, -0.2) is 20.9 Å². The molecule has 0 radical (unpaired) electrons. The Morgan fingerprint density at radius 3 is 2.35 bits per heavy atom. The predicted molar refractivity (Wildman–Crippen MR) is 148 cm³/mol. The predicted octanol–water partition coefficient (Wildman–Crippen LogP) is 6.31. The first-order valence-electron chi connectivity index (χ1n) is 12.3. The first kappa shape index (κ1) is 23.3. The molecule has 6 rings (SSSR count). The van der Waals surface area contributed by atoms with E-state index in [1.54, 1.807) is 24.8 Å². The Labute approximate surface area is 220 Å². The van der Waals surface area contributed by atoms with E-state index in [9.17, 15) is 4.79 Å². The number of amides is 1. The van der Waals surface area contributed by atoms with Crippen LogP contribution in [0.5, 0.6) is 0 Å². The number of carbonyl (C=O) groups excluding carboxylic acids is 1. The van der Waals surface area contributed by atoms with Gasteiger partial charge in [0.1, 0.15) is 0 Å². The van der Waals surface area contributed by atoms with Crippen molar-refractivity contribution in [2.24, 2.45) is 5.92 Å². The molecule has 3 aromatic heterocycles. The zero-order valence-corrected chi connectivity index (χ0v) is 21.3. The maximum Gasteiger partial charge on any atom is 0.230 e. The lowest BCUT2D eigenvalue weighted by Gasteiger charge is -2.32. The maximum atomic E-state index is 13.6. The zero-order valence-electron chi connectivity index (χ0n) is 20.5. The average molecular weight is 503 g/mol. The lowest BCUT2D eigenvalue weighted by molar-refractivity contribution is -0.121. The van der Waals surface area contributed by atoms with Gasteiger partial charge >= 0.3 is 0 Å². The number of pyridine rings is 2. The molecule has 0 saturated heterocycles. The van der Waals surface area contributed by atoms with Crippen LogP contribution in [-0.2, 0) is 23.1 Å². The van der Waals surface area contributed by atoms with Gasteiger partial charge < -0.3 is 5.32 Å². The van der Waals surface area contributed by atoms with Gasteiger partial charge in [-0.25, -0.2) is 4.98 Å². The maximum absolute atomic E-state index is 13.6. The summed E-state index contributed by atoms with van der Waals surface area (Å²) < 4.78 is 0. The first-order chi connectivity index (χ1) is 18.1. The van der Waals surface area contributed by atoms with Crippen molar-refractivity contribution in [3.63, 3.8) is 0 Å². The van der Waals surface area contributed by atoms with E-state index < -0.39 is 5.41 Å². The standard InChI is InChI=1S/C31H26N4OS/c1-31(25-12-16-33-17-13-25)27-5-3-2-4-24(27)19-28(31)29(36)35-30-34-26(20-37-30)18-21-6-8-22(9-7-21)23-10-14-32-15-11-23/h2-17,20,28H,18-19H2,1H3,(H,34,35,36)/t28-,31+/m0/s1. The van der Waals surface area contributed by atoms with Crippen molar-refractivity contribution < 1.29 is 4.79 Å². The Morgan fingerprint density at radius 1 is 0.919 bits per heavy atom. The van der Waals surface area contributed by atoms with E-state index in [1.165, 1.54) is 28.0 Å². The molecule has 3 heterocycles. The highest BCUT2D eigenvalue weighted by atomic mass is 32.1. The van der Waals surface area contributed by atoms with E-state index >= 15 is 0 Å². The van der Waals surface area contributed by atoms with E-state index in [0.717, 1.165) is 22.4 Å². The molecule has 2 aromatic carbocycles. The summed E-state index contributed by atoms with van der Waals surface area (Å²) in [7, 11) is 0. The molecule has 1 aliphatic rings. The molecule has 1 amide bonds. The molecule has 37 heavy (non-hydrogen) atoms. The summed E-state index contributed by atoms with van der Waals surface area (Å²) in [4.78, 5) is 26.7. The minimum atomic E-state index is -0.430. The van der Waals surface area contributed by atoms with Crippen LogP contribution in [0.25, 0.3) is 11.1 Å². The molecule has 0 bridgehead atoms. The Morgan fingerprint density at radius 2 is 1.59 bits per heavy atom. The van der Waals surface area contributed by atoms with Crippen LogP contribution in [0.2, 0.25) is 0 Å². The molecule has 6 heteroatoms. The molecule has 1 N–H and O–H groups in total. The van der Waals surface area contributed by atoms with Gasteiger partial charge in [-0.05, 0) is 64.1 Å². The molecule has 0 saturated carbocycles. The second-order valence-electron chi connectivity index (χ2n) is 9.59. The fourth-order valence-corrected chi connectivity index (χ4v) is 6.15. The number of rotatable bonds is 6. The average Bonchev–Trinajstić information content (AvgIpc) is 3.52. The van der Waals surface area contributed by atoms with Gasteiger partial charge in [0.25, 0.3) is 0 Å². The van der Waals surface area contributed by atoms with Gasteiger partial charge in [-0.2, -0.15) is 0 Å². The molecule has 1 aliphatic carbocycles. The van der Waals surface area contributed by atoms with Gasteiger partial charge in [-0.1, -0.05) is 55.5 Å². The van der Waals surface area contributed by atoms with Crippen molar-refractivity contribution in [1.82, 2.24) is 15.0 Å². The molecule has 0 aliphatic heterocycles. The lowest BCUT2D eigenvalue weighted by Crippen LogP contribution is -2.38. The normalized spacial score (nSPS) is 18.4. The third-order valence-corrected chi connectivity index (χ3v) is 8.24. The topological polar surface area (TPSA) is 67.8 Å². The van der Waals surface area contributed by atoms with Gasteiger partial charge in [-0.3, -0.25) is 14.8 Å². The molecule has 5 nitrogen and oxygen atoms in total. The van der Waals surface area contributed by atoms with Crippen molar-refractivity contribution >= 4 is 22.4 Å². The summed E-state index contributed by atoms with van der Waals surface area (Å²) in [5, 5.41) is 5.79. The van der Waals surface area contributed by atoms with Crippen LogP contribution in [0.4, 0.5) is 5.13 Å². The second-order valence-corrected chi connectivity index (χ2v) is 10.5. The number of fused-ring (bicyclic) bond motifs is 1. The molecule has 5 aromatic rings. The Hall–Kier alpha value is -4.16. The molecular formula is C31H26N4OS. The second kappa shape index (κ2) is 9.71. The van der Waals surface area contributed by atoms with Crippen molar-refractivity contribution in [2.75, 3.05) is 5.32 Å². The summed E-state index contributed by atoms with van der Waals surface area (Å²) in [5.41, 5.74) is 7.53. The van der Waals surface area contributed by atoms with Gasteiger partial charge in [0.15, 0.2) is 5.13 Å². The van der Waals surface area contributed by atoms with Crippen LogP contribution in [0.3, 0.4) is 0 Å². The first-order valence-corrected chi connectivity index (χ1v) is 13.2. The summed E-state index contributed by atoms with van der Waals surface area (Å²) in [5.74, 6) is -0.238. The number of nitrogens with one attached hydrogen (secondary N) is 1. The number of anilines is 1. The quantitative estimate of drug-likeness (QED) is 0.296. The van der Waals surface area contributed by atoms with Crippen molar-refractivity contribution in [2.45, 2.75) is 25.2 Å². The van der Waals surface area contributed by atoms with Gasteiger partial charge in [0, 0.05) is 42.0 Å². The number of thiazole rings is 1. The van der Waals surface area contributed by atoms with Gasteiger partial charge in [0.05, 0.1) is 11.6 Å². The number of benzene rings is 2. The van der Waals surface area contributed by atoms with E-state index in [1.807, 2.05) is 35.7 Å². The minimum absolute atomic E-state index is 0.00174. The number of aromatic nitrogens is 3. The van der Waals surface area contributed by atoms with E-state index in [2.05, 4.69) is 64.7 Å². The summed E-state index contributed by atoms with van der Waals surface area (Å²) >= 11 is 1.48. The van der Waals surface area contributed by atoms with Crippen LogP contribution in [0.15, 0.2) is 103 Å². The number of hydrogen-bond acceptors (Lipinski definition) is 5. The van der Waals surface area contributed by atoms with Gasteiger partial charge in [-0.15, -0.1) is 11.3 Å². The molecule has 2 atom stereocenters. The fourth-order valence-electron chi connectivity index (χ4n) is 5.43. The monoisotopic (exact) mass is 502 g/mol. The largest absolute Gasteiger partial charge is 0.302 e. The zero-order chi connectivity index (χ0) is 25.2. The number of carbonyl (C=O) groups is 1. The molecule has 182 valence electrons. The fraction of sp³-hybridized carbons (Fsp3) is 0.161. The van der Waals surface area contributed by atoms with Crippen LogP contribution < -0.4 is 5.32 Å². The van der Waals surface area contributed by atoms with Crippen LogP contribution in [0, 0.1) is 5.92 Å². The van der Waals surface area contributed by atoms with Crippen molar-refractivity contribution in [3.05, 3.63) is 131 Å². The highest BCUT2D eigenvalue weighted by molar-refractivity contribution is 7.13. The summed E-state index contributed by atoms with van der Waals surface area (Å²) in [6.07, 6.45) is 8.62. The third kappa shape index (κ3) is 4.45. The van der Waals surface area contributed by atoms with E-state index in [0.29, 0.717) is 18.0 Å². The van der Waals surface area contributed by atoms with Crippen molar-refractivity contribution in [3.8, 4) is 11.1 Å². The molecule has 0 unspecified atom stereocenters. The molecule has 0 spiro atoms. The highest BCUT2D eigenvalue weighted by Crippen LogP contribution is 2.48. The van der Waals surface area contributed by atoms with E-state index in [4.69, 9.17) is 4.98 Å². The Balaban J connectivity index is 1.18. The molecule has 0 fully saturated rings. The SMILES string of the molecule is C[C@@]1(c2ccncc2)c2ccccc2C[C@H]1C(=O)Nc1nc(Cc2ccc(-c3ccncc3)cc2)cs1. The number of hydrogen-bond donors (Lipinski definition) is 1. The van der Waals surface area contributed by atoms with Crippen LogP contribution >= 0.6 is 11.3 Å². The Bertz CT molecular complexity index is 1530. The lowest BCUT2D eigenvalue weighted by atomic mass is 9.71. The smallest absolute Gasteiger partial charge is 0.230 e. The number of nitrogens with zero attached hydrogens (tertiary/aromatic N) is 3. The third-order valence-electron chi connectivity index (χ3n) is 7.43. The van der Waals surface area contributed by atoms with E-state index in [-0.39, 0.29) is 11.8 Å². The Kier molecular flexibility index (Phi) is 6.10. The van der Waals surface area contributed by atoms with Crippen LogP contribution in [0.1, 0.15) is 34.9 Å². The minimum Gasteiger partial charge on any atom is -0.302 e. The molecular weight excluding hydrogens is 476 g/mol. The van der Waals surface area contributed by atoms with Crippen molar-refractivity contribution in [1.29, 1.82) is 0 Å². The summed E-state index contributed by atoms with van der Waals surface area (Å²) in [6, 6.07) is 24.9.